The van der Waals surface area contributed by atoms with E-state index < -0.39 is 0 Å². The summed E-state index contributed by atoms with van der Waals surface area (Å²) < 4.78 is 11.2. The van der Waals surface area contributed by atoms with Gasteiger partial charge in [-0.3, -0.25) is 0 Å². The number of benzene rings is 2. The molecule has 0 radical (unpaired) electrons. The second-order valence-electron chi connectivity index (χ2n) is 5.15. The SMILES string of the molecule is CNC(c1cccc(C)c1)c1cc2c(cc1Cl)OCCO2. The standard InChI is InChI=1S/C17H18ClNO2/c1-11-4-3-5-12(8-11)17(19-2)13-9-15-16(10-14(13)18)21-7-6-20-15/h3-5,8-10,17,19H,6-7H2,1-2H3. The molecular weight excluding hydrogens is 286 g/mol. The second kappa shape index (κ2) is 5.96. The van der Waals surface area contributed by atoms with Gasteiger partial charge in [0.1, 0.15) is 13.2 Å². The van der Waals surface area contributed by atoms with Gasteiger partial charge in [0.25, 0.3) is 0 Å². The van der Waals surface area contributed by atoms with Gasteiger partial charge in [0.15, 0.2) is 11.5 Å². The molecule has 3 nitrogen and oxygen atoms in total. The molecule has 0 spiro atoms. The van der Waals surface area contributed by atoms with Gasteiger partial charge in [0, 0.05) is 11.1 Å². The molecule has 21 heavy (non-hydrogen) atoms. The lowest BCUT2D eigenvalue weighted by Crippen LogP contribution is -2.20. The van der Waals surface area contributed by atoms with Crippen LogP contribution in [0.2, 0.25) is 5.02 Å². The maximum Gasteiger partial charge on any atom is 0.162 e. The summed E-state index contributed by atoms with van der Waals surface area (Å²) in [7, 11) is 1.93. The largest absolute Gasteiger partial charge is 0.486 e. The highest BCUT2D eigenvalue weighted by atomic mass is 35.5. The lowest BCUT2D eigenvalue weighted by atomic mass is 9.97. The van der Waals surface area contributed by atoms with E-state index in [4.69, 9.17) is 21.1 Å². The van der Waals surface area contributed by atoms with Crippen molar-refractivity contribution in [2.75, 3.05) is 20.3 Å². The fraction of sp³-hybridized carbons (Fsp3) is 0.294. The van der Waals surface area contributed by atoms with Crippen molar-refractivity contribution >= 4 is 11.6 Å². The van der Waals surface area contributed by atoms with Gasteiger partial charge in [-0.25, -0.2) is 0 Å². The summed E-state index contributed by atoms with van der Waals surface area (Å²) in [5.74, 6) is 1.47. The van der Waals surface area contributed by atoms with Gasteiger partial charge in [-0.1, -0.05) is 41.4 Å². The zero-order valence-corrected chi connectivity index (χ0v) is 12.9. The van der Waals surface area contributed by atoms with Crippen LogP contribution in [0.25, 0.3) is 0 Å². The summed E-state index contributed by atoms with van der Waals surface area (Å²) in [4.78, 5) is 0. The Morgan fingerprint density at radius 2 is 1.81 bits per heavy atom. The number of aryl methyl sites for hydroxylation is 1. The fourth-order valence-electron chi connectivity index (χ4n) is 2.65. The van der Waals surface area contributed by atoms with Gasteiger partial charge < -0.3 is 14.8 Å². The number of hydrogen-bond acceptors (Lipinski definition) is 3. The Balaban J connectivity index is 2.04. The van der Waals surface area contributed by atoms with E-state index in [9.17, 15) is 0 Å². The van der Waals surface area contributed by atoms with Crippen molar-refractivity contribution in [3.05, 3.63) is 58.1 Å². The maximum atomic E-state index is 6.45. The molecule has 4 heteroatoms. The molecule has 1 aliphatic heterocycles. The lowest BCUT2D eigenvalue weighted by molar-refractivity contribution is 0.171. The Morgan fingerprint density at radius 1 is 1.10 bits per heavy atom. The van der Waals surface area contributed by atoms with E-state index in [1.165, 1.54) is 11.1 Å². The zero-order chi connectivity index (χ0) is 14.8. The van der Waals surface area contributed by atoms with Gasteiger partial charge in [0.05, 0.1) is 6.04 Å². The zero-order valence-electron chi connectivity index (χ0n) is 12.2. The van der Waals surface area contributed by atoms with Crippen molar-refractivity contribution in [3.63, 3.8) is 0 Å². The molecule has 0 amide bonds. The van der Waals surface area contributed by atoms with Crippen LogP contribution in [0.1, 0.15) is 22.7 Å². The average molecular weight is 304 g/mol. The third-order valence-corrected chi connectivity index (χ3v) is 3.96. The molecule has 3 rings (SSSR count). The Kier molecular flexibility index (Phi) is 4.04. The smallest absolute Gasteiger partial charge is 0.162 e. The Labute approximate surface area is 129 Å². The summed E-state index contributed by atoms with van der Waals surface area (Å²) in [6, 6.07) is 12.2. The molecule has 1 heterocycles. The van der Waals surface area contributed by atoms with Crippen molar-refractivity contribution in [2.24, 2.45) is 0 Å². The average Bonchev–Trinajstić information content (AvgIpc) is 2.48. The topological polar surface area (TPSA) is 30.5 Å². The van der Waals surface area contributed by atoms with E-state index in [1.54, 1.807) is 0 Å². The highest BCUT2D eigenvalue weighted by molar-refractivity contribution is 6.31. The molecule has 2 aromatic carbocycles. The molecule has 110 valence electrons. The van der Waals surface area contributed by atoms with Gasteiger partial charge in [-0.2, -0.15) is 0 Å². The molecule has 0 bridgehead atoms. The van der Waals surface area contributed by atoms with Crippen LogP contribution in [0.15, 0.2) is 36.4 Å². The first-order valence-electron chi connectivity index (χ1n) is 7.02. The number of rotatable bonds is 3. The molecule has 1 atom stereocenters. The number of hydrogen-bond donors (Lipinski definition) is 1. The third-order valence-electron chi connectivity index (χ3n) is 3.64. The molecule has 0 saturated carbocycles. The monoisotopic (exact) mass is 303 g/mol. The molecule has 2 aromatic rings. The summed E-state index contributed by atoms with van der Waals surface area (Å²) in [6.07, 6.45) is 0. The number of halogens is 1. The molecular formula is C17H18ClNO2. The first-order valence-corrected chi connectivity index (χ1v) is 7.39. The maximum absolute atomic E-state index is 6.45. The van der Waals surface area contributed by atoms with E-state index in [0.29, 0.717) is 24.0 Å². The van der Waals surface area contributed by atoms with E-state index in [1.807, 2.05) is 19.2 Å². The molecule has 1 aliphatic rings. The van der Waals surface area contributed by atoms with Crippen LogP contribution in [0.5, 0.6) is 11.5 Å². The number of nitrogens with one attached hydrogen (secondary N) is 1. The van der Waals surface area contributed by atoms with Crippen LogP contribution in [0, 0.1) is 6.92 Å². The van der Waals surface area contributed by atoms with Crippen molar-refractivity contribution < 1.29 is 9.47 Å². The van der Waals surface area contributed by atoms with Crippen LogP contribution < -0.4 is 14.8 Å². The molecule has 0 saturated heterocycles. The van der Waals surface area contributed by atoms with Crippen LogP contribution in [0.3, 0.4) is 0 Å². The summed E-state index contributed by atoms with van der Waals surface area (Å²) in [6.45, 7) is 3.22. The van der Waals surface area contributed by atoms with E-state index in [0.717, 1.165) is 11.3 Å². The molecule has 0 aliphatic carbocycles. The van der Waals surface area contributed by atoms with Gasteiger partial charge in [-0.15, -0.1) is 0 Å². The van der Waals surface area contributed by atoms with Crippen molar-refractivity contribution in [2.45, 2.75) is 13.0 Å². The minimum Gasteiger partial charge on any atom is -0.486 e. The van der Waals surface area contributed by atoms with Crippen molar-refractivity contribution in [1.29, 1.82) is 0 Å². The lowest BCUT2D eigenvalue weighted by Gasteiger charge is -2.23. The van der Waals surface area contributed by atoms with E-state index >= 15 is 0 Å². The first-order chi connectivity index (χ1) is 10.2. The quantitative estimate of drug-likeness (QED) is 0.937. The molecule has 1 N–H and O–H groups in total. The first kappa shape index (κ1) is 14.2. The molecule has 1 unspecified atom stereocenters. The third kappa shape index (κ3) is 2.85. The van der Waals surface area contributed by atoms with Gasteiger partial charge >= 0.3 is 0 Å². The van der Waals surface area contributed by atoms with Gasteiger partial charge in [0.2, 0.25) is 0 Å². The normalized spacial score (nSPS) is 14.8. The number of fused-ring (bicyclic) bond motifs is 1. The predicted molar refractivity (Wildman–Crippen MR) is 84.5 cm³/mol. The minimum absolute atomic E-state index is 0.0215. The summed E-state index contributed by atoms with van der Waals surface area (Å²) >= 11 is 6.45. The van der Waals surface area contributed by atoms with Crippen molar-refractivity contribution in [3.8, 4) is 11.5 Å². The fourth-order valence-corrected chi connectivity index (χ4v) is 2.92. The Hall–Kier alpha value is -1.71. The molecule has 0 aromatic heterocycles. The van der Waals surface area contributed by atoms with Crippen LogP contribution in [-0.2, 0) is 0 Å². The predicted octanol–water partition coefficient (Wildman–Crippen LogP) is 3.73. The van der Waals surface area contributed by atoms with Crippen LogP contribution in [-0.4, -0.2) is 20.3 Å². The highest BCUT2D eigenvalue weighted by Crippen LogP contribution is 2.39. The Morgan fingerprint density at radius 3 is 2.48 bits per heavy atom. The summed E-state index contributed by atoms with van der Waals surface area (Å²) in [5, 5.41) is 4.01. The highest BCUT2D eigenvalue weighted by Gasteiger charge is 2.21. The van der Waals surface area contributed by atoms with Gasteiger partial charge in [-0.05, 0) is 31.2 Å². The summed E-state index contributed by atoms with van der Waals surface area (Å²) in [5.41, 5.74) is 3.39. The van der Waals surface area contributed by atoms with E-state index in [2.05, 4.69) is 36.5 Å². The minimum atomic E-state index is 0.0215. The van der Waals surface area contributed by atoms with E-state index in [-0.39, 0.29) is 6.04 Å². The number of ether oxygens (including phenoxy) is 2. The second-order valence-corrected chi connectivity index (χ2v) is 5.56. The van der Waals surface area contributed by atoms with Crippen LogP contribution in [0.4, 0.5) is 0 Å². The van der Waals surface area contributed by atoms with Crippen LogP contribution >= 0.6 is 11.6 Å². The molecule has 0 fully saturated rings. The van der Waals surface area contributed by atoms with Crippen molar-refractivity contribution in [1.82, 2.24) is 5.32 Å². The Bertz CT molecular complexity index is 657.